The van der Waals surface area contributed by atoms with Crippen LogP contribution in [0.5, 0.6) is 5.75 Å². The Labute approximate surface area is 299 Å². The van der Waals surface area contributed by atoms with Crippen molar-refractivity contribution in [3.8, 4) is 5.75 Å². The van der Waals surface area contributed by atoms with Crippen molar-refractivity contribution in [2.45, 2.75) is 129 Å². The molecular weight excluding hydrogens is 664 g/mol. The third kappa shape index (κ3) is 19.3. The highest BCUT2D eigenvalue weighted by molar-refractivity contribution is 5.94. The first kappa shape index (κ1) is 44.3. The van der Waals surface area contributed by atoms with Gasteiger partial charge in [0.2, 0.25) is 29.5 Å². The van der Waals surface area contributed by atoms with Gasteiger partial charge in [-0.25, -0.2) is 4.79 Å². The standard InChI is InChI=1S/C35H56N6O10/c1-20(2)17-26(41-30(45)23(36)18-21-9-11-22(12-10-21)50-34(3,4)5)32(47)40-24(14-16-29(44)51-35(6,7)8)31(46)38-19-28(43)39-25(33(48)49)13-15-27(37)42/h9-12,20,23-26H,13-19,36H2,1-8H3,(H2,37,42)(H,38,46)(H,39,43)(H,40,47)(H,41,45)(H,48,49)/t23-,24-,25-,26-/m0/s1. The van der Waals surface area contributed by atoms with E-state index < -0.39 is 77.8 Å². The largest absolute Gasteiger partial charge is 0.488 e. The Kier molecular flexibility index (Phi) is 17.5. The van der Waals surface area contributed by atoms with Gasteiger partial charge in [-0.1, -0.05) is 26.0 Å². The van der Waals surface area contributed by atoms with Crippen LogP contribution in [0.4, 0.5) is 0 Å². The van der Waals surface area contributed by atoms with Crippen molar-refractivity contribution in [3.05, 3.63) is 29.8 Å². The summed E-state index contributed by atoms with van der Waals surface area (Å²) in [6.07, 6.45) is -0.686. The van der Waals surface area contributed by atoms with E-state index in [0.717, 1.165) is 5.56 Å². The van der Waals surface area contributed by atoms with E-state index >= 15 is 0 Å². The second kappa shape index (κ2) is 20.2. The highest BCUT2D eigenvalue weighted by atomic mass is 16.6. The maximum absolute atomic E-state index is 13.6. The summed E-state index contributed by atoms with van der Waals surface area (Å²) >= 11 is 0. The smallest absolute Gasteiger partial charge is 0.326 e. The van der Waals surface area contributed by atoms with Crippen LogP contribution in [0.3, 0.4) is 0 Å². The number of carbonyl (C=O) groups is 7. The van der Waals surface area contributed by atoms with Crippen LogP contribution in [-0.4, -0.2) is 88.5 Å². The maximum atomic E-state index is 13.6. The molecule has 4 atom stereocenters. The fraction of sp³-hybridized carbons (Fsp3) is 0.629. The number of benzene rings is 1. The molecule has 9 N–H and O–H groups in total. The van der Waals surface area contributed by atoms with Gasteiger partial charge < -0.3 is 47.3 Å². The van der Waals surface area contributed by atoms with Crippen molar-refractivity contribution in [1.82, 2.24) is 21.3 Å². The van der Waals surface area contributed by atoms with Gasteiger partial charge in [-0.2, -0.15) is 0 Å². The number of rotatable bonds is 20. The average Bonchev–Trinajstić information content (AvgIpc) is 2.98. The number of ether oxygens (including phenoxy) is 2. The fourth-order valence-electron chi connectivity index (χ4n) is 4.65. The van der Waals surface area contributed by atoms with E-state index in [-0.39, 0.29) is 50.0 Å². The SMILES string of the molecule is CC(C)C[C@H](NC(=O)[C@@H](N)Cc1ccc(OC(C)(C)C)cc1)C(=O)N[C@@H](CCC(=O)OC(C)(C)C)C(=O)NCC(=O)N[C@@H](CCC(N)=O)C(=O)O. The number of nitrogens with two attached hydrogens (primary N) is 2. The molecule has 51 heavy (non-hydrogen) atoms. The molecule has 1 aromatic carbocycles. The molecule has 0 spiro atoms. The monoisotopic (exact) mass is 720 g/mol. The van der Waals surface area contributed by atoms with Crippen LogP contribution in [0.2, 0.25) is 0 Å². The van der Waals surface area contributed by atoms with Gasteiger partial charge in [0.1, 0.15) is 35.1 Å². The van der Waals surface area contributed by atoms with Crippen molar-refractivity contribution >= 4 is 41.5 Å². The zero-order chi connectivity index (χ0) is 39.1. The molecule has 0 bridgehead atoms. The van der Waals surface area contributed by atoms with Gasteiger partial charge in [-0.05, 0) is 90.8 Å². The highest BCUT2D eigenvalue weighted by Gasteiger charge is 2.30. The Morgan fingerprint density at radius 2 is 1.33 bits per heavy atom. The van der Waals surface area contributed by atoms with E-state index in [4.69, 9.17) is 20.9 Å². The number of carbonyl (C=O) groups excluding carboxylic acids is 6. The van der Waals surface area contributed by atoms with Crippen LogP contribution in [0.1, 0.15) is 93.1 Å². The summed E-state index contributed by atoms with van der Waals surface area (Å²) in [4.78, 5) is 87.4. The molecule has 1 rings (SSSR count). The number of hydrogen-bond donors (Lipinski definition) is 7. The molecule has 0 radical (unpaired) electrons. The van der Waals surface area contributed by atoms with Gasteiger partial charge in [0.05, 0.1) is 12.6 Å². The summed E-state index contributed by atoms with van der Waals surface area (Å²) in [7, 11) is 0. The number of esters is 1. The molecule has 16 heteroatoms. The molecule has 0 unspecified atom stereocenters. The van der Waals surface area contributed by atoms with Crippen LogP contribution in [0.25, 0.3) is 0 Å². The summed E-state index contributed by atoms with van der Waals surface area (Å²) in [5.41, 5.74) is 10.9. The number of carboxylic acid groups (broad SMARTS) is 1. The van der Waals surface area contributed by atoms with Gasteiger partial charge in [0, 0.05) is 12.8 Å². The van der Waals surface area contributed by atoms with Crippen LogP contribution < -0.4 is 37.5 Å². The minimum absolute atomic E-state index is 0.0675. The zero-order valence-corrected chi connectivity index (χ0v) is 30.9. The predicted octanol–water partition coefficient (Wildman–Crippen LogP) is 0.822. The van der Waals surface area contributed by atoms with E-state index in [1.165, 1.54) is 0 Å². The minimum Gasteiger partial charge on any atom is -0.488 e. The van der Waals surface area contributed by atoms with Crippen LogP contribution in [0.15, 0.2) is 24.3 Å². The third-order valence-corrected chi connectivity index (χ3v) is 6.91. The van der Waals surface area contributed by atoms with E-state index in [0.29, 0.717) is 5.75 Å². The number of nitrogens with one attached hydrogen (secondary N) is 4. The Morgan fingerprint density at radius 3 is 1.84 bits per heavy atom. The third-order valence-electron chi connectivity index (χ3n) is 6.91. The second-order valence-corrected chi connectivity index (χ2v) is 14.7. The molecule has 0 aliphatic carbocycles. The average molecular weight is 721 g/mol. The lowest BCUT2D eigenvalue weighted by atomic mass is 10.0. The second-order valence-electron chi connectivity index (χ2n) is 14.7. The lowest BCUT2D eigenvalue weighted by Crippen LogP contribution is -2.57. The molecule has 5 amide bonds. The first-order valence-electron chi connectivity index (χ1n) is 16.9. The van der Waals surface area contributed by atoms with Crippen LogP contribution >= 0.6 is 0 Å². The first-order chi connectivity index (χ1) is 23.5. The lowest BCUT2D eigenvalue weighted by molar-refractivity contribution is -0.155. The van der Waals surface area contributed by atoms with Gasteiger partial charge in [0.25, 0.3) is 0 Å². The Bertz CT molecular complexity index is 1370. The molecule has 0 saturated heterocycles. The summed E-state index contributed by atoms with van der Waals surface area (Å²) < 4.78 is 11.1. The normalized spacial score (nSPS) is 13.9. The van der Waals surface area contributed by atoms with E-state index in [1.807, 2.05) is 34.6 Å². The summed E-state index contributed by atoms with van der Waals surface area (Å²) in [5.74, 6) is -5.25. The molecule has 16 nitrogen and oxygen atoms in total. The predicted molar refractivity (Wildman–Crippen MR) is 188 cm³/mol. The maximum Gasteiger partial charge on any atom is 0.326 e. The molecule has 0 heterocycles. The summed E-state index contributed by atoms with van der Waals surface area (Å²) in [5, 5.41) is 19.1. The number of amides is 5. The number of aliphatic carboxylic acids is 1. The van der Waals surface area contributed by atoms with E-state index in [2.05, 4.69) is 21.3 Å². The molecule has 0 saturated carbocycles. The molecule has 0 aliphatic heterocycles. The van der Waals surface area contributed by atoms with Crippen molar-refractivity contribution in [1.29, 1.82) is 0 Å². The number of carboxylic acids is 1. The van der Waals surface area contributed by atoms with Gasteiger partial charge in [0.15, 0.2) is 0 Å². The van der Waals surface area contributed by atoms with Crippen molar-refractivity contribution in [3.63, 3.8) is 0 Å². The topological polar surface area (TPSA) is 258 Å². The number of hydrogen-bond acceptors (Lipinski definition) is 10. The lowest BCUT2D eigenvalue weighted by Gasteiger charge is -2.26. The molecule has 1 aromatic rings. The van der Waals surface area contributed by atoms with Gasteiger partial charge in [-0.15, -0.1) is 0 Å². The van der Waals surface area contributed by atoms with Crippen molar-refractivity contribution in [2.24, 2.45) is 17.4 Å². The highest BCUT2D eigenvalue weighted by Crippen LogP contribution is 2.19. The van der Waals surface area contributed by atoms with E-state index in [9.17, 15) is 38.7 Å². The zero-order valence-electron chi connectivity index (χ0n) is 30.9. The van der Waals surface area contributed by atoms with Crippen molar-refractivity contribution in [2.75, 3.05) is 6.54 Å². The first-order valence-corrected chi connectivity index (χ1v) is 16.9. The fourth-order valence-corrected chi connectivity index (χ4v) is 4.65. The van der Waals surface area contributed by atoms with Gasteiger partial charge >= 0.3 is 11.9 Å². The van der Waals surface area contributed by atoms with Crippen molar-refractivity contribution < 1.29 is 48.1 Å². The summed E-state index contributed by atoms with van der Waals surface area (Å²) in [6.45, 7) is 13.8. The molecule has 0 aliphatic rings. The molecule has 0 aromatic heterocycles. The Morgan fingerprint density at radius 1 is 0.765 bits per heavy atom. The van der Waals surface area contributed by atoms with Crippen LogP contribution in [0, 0.1) is 5.92 Å². The molecule has 0 fully saturated rings. The molecular formula is C35H56N6O10. The quantitative estimate of drug-likeness (QED) is 0.0928. The van der Waals surface area contributed by atoms with E-state index in [1.54, 1.807) is 45.0 Å². The summed E-state index contributed by atoms with van der Waals surface area (Å²) in [6, 6.07) is 2.25. The minimum atomic E-state index is -1.43. The Hall–Kier alpha value is -4.73. The Balaban J connectivity index is 3.06. The van der Waals surface area contributed by atoms with Crippen LogP contribution in [-0.2, 0) is 44.7 Å². The van der Waals surface area contributed by atoms with Gasteiger partial charge in [-0.3, -0.25) is 28.8 Å². The number of primary amides is 1. The molecule has 286 valence electrons.